The highest BCUT2D eigenvalue weighted by Crippen LogP contribution is 2.27. The van der Waals surface area contributed by atoms with Gasteiger partial charge in [-0.3, -0.25) is 0 Å². The van der Waals surface area contributed by atoms with Gasteiger partial charge < -0.3 is 15.0 Å². The molecule has 1 heterocycles. The minimum absolute atomic E-state index is 0.401. The van der Waals surface area contributed by atoms with E-state index in [-0.39, 0.29) is 0 Å². The number of hydrogen-bond acceptors (Lipinski definition) is 5. The first-order valence-corrected chi connectivity index (χ1v) is 6.30. The number of aromatic nitrogens is 2. The van der Waals surface area contributed by atoms with Gasteiger partial charge in [0, 0.05) is 7.11 Å². The van der Waals surface area contributed by atoms with E-state index in [1.54, 1.807) is 7.11 Å². The summed E-state index contributed by atoms with van der Waals surface area (Å²) in [5.74, 6) is 0.928. The first kappa shape index (κ1) is 13.7. The van der Waals surface area contributed by atoms with Crippen LogP contribution in [0.4, 0.5) is 0 Å². The van der Waals surface area contributed by atoms with Crippen LogP contribution in [0.2, 0.25) is 0 Å². The van der Waals surface area contributed by atoms with Crippen LogP contribution in [0.5, 0.6) is 0 Å². The molecule has 2 unspecified atom stereocenters. The fourth-order valence-corrected chi connectivity index (χ4v) is 1.77. The lowest BCUT2D eigenvalue weighted by atomic mass is 10.0. The van der Waals surface area contributed by atoms with Gasteiger partial charge in [-0.1, -0.05) is 42.4 Å². The van der Waals surface area contributed by atoms with Gasteiger partial charge in [0.1, 0.15) is 11.6 Å². The number of methoxy groups -OCH3 is 1. The van der Waals surface area contributed by atoms with Crippen LogP contribution in [0.15, 0.2) is 34.9 Å². The Labute approximate surface area is 112 Å². The molecule has 0 spiro atoms. The summed E-state index contributed by atoms with van der Waals surface area (Å²) in [4.78, 5) is 4.37. The molecular formula is C14H19N3O2. The minimum Gasteiger partial charge on any atom is -0.370 e. The molecule has 1 aromatic carbocycles. The van der Waals surface area contributed by atoms with E-state index in [9.17, 15) is 0 Å². The molecule has 0 radical (unpaired) electrons. The van der Waals surface area contributed by atoms with Crippen molar-refractivity contribution in [1.29, 1.82) is 0 Å². The highest BCUT2D eigenvalue weighted by atomic mass is 16.5. The molecule has 5 nitrogen and oxygen atoms in total. The second-order valence-corrected chi connectivity index (χ2v) is 4.63. The summed E-state index contributed by atoms with van der Waals surface area (Å²) in [7, 11) is 1.64. The smallest absolute Gasteiger partial charge is 0.248 e. The van der Waals surface area contributed by atoms with Crippen molar-refractivity contribution in [2.75, 3.05) is 7.11 Å². The average molecular weight is 261 g/mol. The predicted molar refractivity (Wildman–Crippen MR) is 71.4 cm³/mol. The van der Waals surface area contributed by atoms with Crippen LogP contribution < -0.4 is 5.73 Å². The lowest BCUT2D eigenvalue weighted by Crippen LogP contribution is -2.25. The third-order valence-electron chi connectivity index (χ3n) is 3.46. The maximum Gasteiger partial charge on any atom is 0.248 e. The lowest BCUT2D eigenvalue weighted by molar-refractivity contribution is -0.0106. The first-order chi connectivity index (χ1) is 9.10. The quantitative estimate of drug-likeness (QED) is 0.894. The molecule has 0 saturated heterocycles. The molecule has 5 heteroatoms. The molecule has 19 heavy (non-hydrogen) atoms. The van der Waals surface area contributed by atoms with Crippen LogP contribution >= 0.6 is 0 Å². The van der Waals surface area contributed by atoms with Gasteiger partial charge in [0.05, 0.1) is 0 Å². The highest BCUT2D eigenvalue weighted by molar-refractivity contribution is 5.23. The van der Waals surface area contributed by atoms with Crippen LogP contribution in [0.25, 0.3) is 0 Å². The second kappa shape index (κ2) is 5.50. The van der Waals surface area contributed by atoms with E-state index in [2.05, 4.69) is 10.1 Å². The largest absolute Gasteiger partial charge is 0.370 e. The Morgan fingerprint density at radius 2 is 2.05 bits per heavy atom. The standard InChI is InChI=1S/C14H19N3O2/c1-4-14(2,18-3)13-16-12(19-17-13)11(15)10-8-6-5-7-9-10/h5-9,11H,4,15H2,1-3H3. The Morgan fingerprint density at radius 3 is 2.63 bits per heavy atom. The number of nitrogens with zero attached hydrogens (tertiary/aromatic N) is 2. The normalized spacial score (nSPS) is 16.0. The van der Waals surface area contributed by atoms with Gasteiger partial charge in [-0.15, -0.1) is 0 Å². The molecule has 1 aromatic heterocycles. The molecule has 0 saturated carbocycles. The maximum atomic E-state index is 6.12. The van der Waals surface area contributed by atoms with Gasteiger partial charge in [-0.25, -0.2) is 0 Å². The fraction of sp³-hybridized carbons (Fsp3) is 0.429. The number of hydrogen-bond donors (Lipinski definition) is 1. The van der Waals surface area contributed by atoms with E-state index in [0.717, 1.165) is 12.0 Å². The van der Waals surface area contributed by atoms with Crippen molar-refractivity contribution in [2.24, 2.45) is 5.73 Å². The summed E-state index contributed by atoms with van der Waals surface area (Å²) >= 11 is 0. The van der Waals surface area contributed by atoms with Gasteiger partial charge in [0.2, 0.25) is 11.7 Å². The summed E-state index contributed by atoms with van der Waals surface area (Å²) in [6, 6.07) is 9.25. The first-order valence-electron chi connectivity index (χ1n) is 6.30. The average Bonchev–Trinajstić information content (AvgIpc) is 2.97. The molecule has 0 bridgehead atoms. The minimum atomic E-state index is -0.543. The van der Waals surface area contributed by atoms with Crippen molar-refractivity contribution < 1.29 is 9.26 Å². The van der Waals surface area contributed by atoms with Crippen molar-refractivity contribution in [2.45, 2.75) is 31.9 Å². The van der Waals surface area contributed by atoms with Crippen LogP contribution in [0.1, 0.15) is 43.6 Å². The van der Waals surface area contributed by atoms with Gasteiger partial charge in [0.25, 0.3) is 0 Å². The van der Waals surface area contributed by atoms with Gasteiger partial charge in [-0.05, 0) is 18.9 Å². The van der Waals surface area contributed by atoms with E-state index in [1.807, 2.05) is 44.2 Å². The molecule has 102 valence electrons. The van der Waals surface area contributed by atoms with Crippen molar-refractivity contribution in [3.63, 3.8) is 0 Å². The van der Waals surface area contributed by atoms with Crippen molar-refractivity contribution in [1.82, 2.24) is 10.1 Å². The lowest BCUT2D eigenvalue weighted by Gasteiger charge is -2.21. The zero-order valence-electron chi connectivity index (χ0n) is 11.5. The van der Waals surface area contributed by atoms with Gasteiger partial charge in [0.15, 0.2) is 0 Å². The summed E-state index contributed by atoms with van der Waals surface area (Å²) < 4.78 is 10.7. The van der Waals surface area contributed by atoms with Crippen LogP contribution in [-0.4, -0.2) is 17.3 Å². The zero-order valence-corrected chi connectivity index (χ0v) is 11.5. The molecule has 0 aliphatic carbocycles. The van der Waals surface area contributed by atoms with E-state index in [0.29, 0.717) is 11.7 Å². The van der Waals surface area contributed by atoms with Gasteiger partial charge >= 0.3 is 0 Å². The summed E-state index contributed by atoms with van der Waals surface area (Å²) in [6.45, 7) is 3.94. The van der Waals surface area contributed by atoms with E-state index in [4.69, 9.17) is 15.0 Å². The van der Waals surface area contributed by atoms with Crippen LogP contribution in [-0.2, 0) is 10.3 Å². The van der Waals surface area contributed by atoms with Crippen molar-refractivity contribution >= 4 is 0 Å². The number of nitrogens with two attached hydrogens (primary N) is 1. The van der Waals surface area contributed by atoms with Crippen molar-refractivity contribution in [3.8, 4) is 0 Å². The molecule has 2 aromatic rings. The monoisotopic (exact) mass is 261 g/mol. The zero-order chi connectivity index (χ0) is 13.9. The number of rotatable bonds is 5. The Balaban J connectivity index is 2.27. The molecule has 0 aliphatic rings. The Kier molecular flexibility index (Phi) is 3.97. The summed E-state index contributed by atoms with van der Waals surface area (Å²) in [5, 5.41) is 3.99. The maximum absolute atomic E-state index is 6.12. The SMILES string of the molecule is CCC(C)(OC)c1noc(C(N)c2ccccc2)n1. The second-order valence-electron chi connectivity index (χ2n) is 4.63. The molecule has 2 N–H and O–H groups in total. The van der Waals surface area contributed by atoms with Crippen molar-refractivity contribution in [3.05, 3.63) is 47.6 Å². The number of benzene rings is 1. The molecular weight excluding hydrogens is 242 g/mol. The van der Waals surface area contributed by atoms with Gasteiger partial charge in [-0.2, -0.15) is 4.98 Å². The highest BCUT2D eigenvalue weighted by Gasteiger charge is 2.31. The molecule has 0 amide bonds. The number of ether oxygens (including phenoxy) is 1. The Morgan fingerprint density at radius 1 is 1.37 bits per heavy atom. The molecule has 0 aliphatic heterocycles. The molecule has 0 fully saturated rings. The predicted octanol–water partition coefficient (Wildman–Crippen LogP) is 2.39. The molecule has 2 atom stereocenters. The summed E-state index contributed by atoms with van der Waals surface area (Å²) in [6.07, 6.45) is 0.753. The topological polar surface area (TPSA) is 74.2 Å². The Hall–Kier alpha value is -1.72. The van der Waals surface area contributed by atoms with Crippen LogP contribution in [0, 0.1) is 0 Å². The van der Waals surface area contributed by atoms with E-state index >= 15 is 0 Å². The van der Waals surface area contributed by atoms with Crippen LogP contribution in [0.3, 0.4) is 0 Å². The summed E-state index contributed by atoms with van der Waals surface area (Å²) in [5.41, 5.74) is 6.51. The van der Waals surface area contributed by atoms with E-state index < -0.39 is 11.6 Å². The molecule has 2 rings (SSSR count). The van der Waals surface area contributed by atoms with E-state index in [1.165, 1.54) is 0 Å². The third-order valence-corrected chi connectivity index (χ3v) is 3.46. The fourth-order valence-electron chi connectivity index (χ4n) is 1.77. The Bertz CT molecular complexity index is 520. The third kappa shape index (κ3) is 2.67.